The van der Waals surface area contributed by atoms with E-state index < -0.39 is 0 Å². The fourth-order valence-corrected chi connectivity index (χ4v) is 4.52. The number of rotatable bonds is 5. The van der Waals surface area contributed by atoms with E-state index >= 15 is 0 Å². The predicted octanol–water partition coefficient (Wildman–Crippen LogP) is 2.90. The summed E-state index contributed by atoms with van der Waals surface area (Å²) in [6.45, 7) is 7.12. The number of aromatic nitrogens is 1. The molecule has 2 aliphatic rings. The summed E-state index contributed by atoms with van der Waals surface area (Å²) >= 11 is 0. The maximum absolute atomic E-state index is 12.3. The average molecular weight is 342 g/mol. The normalized spacial score (nSPS) is 24.7. The predicted molar refractivity (Wildman–Crippen MR) is 97.8 cm³/mol. The van der Waals surface area contributed by atoms with Crippen LogP contribution in [0.3, 0.4) is 0 Å². The molecule has 1 aromatic heterocycles. The Hall–Kier alpha value is -1.80. The molecule has 0 bridgehead atoms. The largest absolute Gasteiger partial charge is 0.342 e. The second kappa shape index (κ2) is 7.61. The standard InChI is InChI=1S/C20H30N4O/c1-3-4-10-24-16-20(8-6-19(24)25)7-5-9-23(15-20)14-17-11-18(12-21)22(2)13-17/h11,13H,3-10,14-16H2,1-2H3. The van der Waals surface area contributed by atoms with Gasteiger partial charge in [-0.2, -0.15) is 5.26 Å². The SMILES string of the molecule is CCCCN1CC2(CCCN(Cc3cc(C#N)n(C)c3)C2)CCC1=O. The second-order valence-electron chi connectivity index (χ2n) is 7.94. The van der Waals surface area contributed by atoms with Crippen molar-refractivity contribution in [1.82, 2.24) is 14.4 Å². The molecule has 5 heteroatoms. The Bertz CT molecular complexity index is 659. The van der Waals surface area contributed by atoms with Gasteiger partial charge in [0.15, 0.2) is 0 Å². The van der Waals surface area contributed by atoms with Gasteiger partial charge in [-0.15, -0.1) is 0 Å². The van der Waals surface area contributed by atoms with E-state index in [-0.39, 0.29) is 5.41 Å². The highest BCUT2D eigenvalue weighted by atomic mass is 16.2. The lowest BCUT2D eigenvalue weighted by Crippen LogP contribution is -2.53. The molecule has 136 valence electrons. The number of piperidine rings is 2. The van der Waals surface area contributed by atoms with Crippen LogP contribution < -0.4 is 0 Å². The van der Waals surface area contributed by atoms with E-state index in [0.29, 0.717) is 12.3 Å². The van der Waals surface area contributed by atoms with Gasteiger partial charge < -0.3 is 9.47 Å². The fraction of sp³-hybridized carbons (Fsp3) is 0.700. The van der Waals surface area contributed by atoms with Crippen LogP contribution in [0.2, 0.25) is 0 Å². The Morgan fingerprint density at radius 2 is 2.16 bits per heavy atom. The minimum atomic E-state index is 0.271. The molecule has 0 aliphatic carbocycles. The molecule has 1 aromatic rings. The number of hydrogen-bond acceptors (Lipinski definition) is 3. The first kappa shape index (κ1) is 18.0. The van der Waals surface area contributed by atoms with Crippen molar-refractivity contribution in [3.63, 3.8) is 0 Å². The Morgan fingerprint density at radius 1 is 1.32 bits per heavy atom. The number of nitriles is 1. The Kier molecular flexibility index (Phi) is 5.48. The minimum absolute atomic E-state index is 0.271. The highest BCUT2D eigenvalue weighted by Crippen LogP contribution is 2.39. The third-order valence-corrected chi connectivity index (χ3v) is 5.85. The van der Waals surface area contributed by atoms with Crippen LogP contribution in [0.5, 0.6) is 0 Å². The first-order valence-corrected chi connectivity index (χ1v) is 9.61. The van der Waals surface area contributed by atoms with Crippen molar-refractivity contribution in [1.29, 1.82) is 5.26 Å². The third kappa shape index (κ3) is 4.07. The topological polar surface area (TPSA) is 52.3 Å². The molecule has 1 atom stereocenters. The molecule has 5 nitrogen and oxygen atoms in total. The van der Waals surface area contributed by atoms with Crippen LogP contribution in [-0.2, 0) is 18.4 Å². The van der Waals surface area contributed by atoms with E-state index in [1.165, 1.54) is 18.4 Å². The van der Waals surface area contributed by atoms with Crippen LogP contribution in [0.25, 0.3) is 0 Å². The zero-order chi connectivity index (χ0) is 17.9. The van der Waals surface area contributed by atoms with Gasteiger partial charge >= 0.3 is 0 Å². The second-order valence-corrected chi connectivity index (χ2v) is 7.94. The van der Waals surface area contributed by atoms with Crippen molar-refractivity contribution < 1.29 is 4.79 Å². The zero-order valence-corrected chi connectivity index (χ0v) is 15.6. The van der Waals surface area contributed by atoms with E-state index in [1.54, 1.807) is 0 Å². The maximum Gasteiger partial charge on any atom is 0.222 e. The third-order valence-electron chi connectivity index (χ3n) is 5.85. The Morgan fingerprint density at radius 3 is 2.88 bits per heavy atom. The molecule has 3 heterocycles. The summed E-state index contributed by atoms with van der Waals surface area (Å²) in [5.41, 5.74) is 2.20. The van der Waals surface area contributed by atoms with Gasteiger partial charge in [-0.25, -0.2) is 0 Å². The van der Waals surface area contributed by atoms with Crippen LogP contribution in [0, 0.1) is 16.7 Å². The summed E-state index contributed by atoms with van der Waals surface area (Å²) < 4.78 is 1.90. The molecule has 2 saturated heterocycles. The smallest absolute Gasteiger partial charge is 0.222 e. The lowest BCUT2D eigenvalue weighted by atomic mass is 9.73. The van der Waals surface area contributed by atoms with E-state index in [0.717, 1.165) is 57.7 Å². The van der Waals surface area contributed by atoms with Crippen LogP contribution in [0.1, 0.15) is 56.7 Å². The average Bonchev–Trinajstić information content (AvgIpc) is 2.95. The van der Waals surface area contributed by atoms with Crippen molar-refractivity contribution in [3.8, 4) is 6.07 Å². The molecule has 2 fully saturated rings. The van der Waals surface area contributed by atoms with Crippen molar-refractivity contribution >= 4 is 5.91 Å². The summed E-state index contributed by atoms with van der Waals surface area (Å²) in [6.07, 6.45) is 8.48. The molecular weight excluding hydrogens is 312 g/mol. The Balaban J connectivity index is 1.65. The highest BCUT2D eigenvalue weighted by molar-refractivity contribution is 5.77. The van der Waals surface area contributed by atoms with Gasteiger partial charge in [-0.3, -0.25) is 9.69 Å². The quantitative estimate of drug-likeness (QED) is 0.827. The molecule has 2 aliphatic heterocycles. The number of carbonyl (C=O) groups excluding carboxylic acids is 1. The molecule has 1 amide bonds. The van der Waals surface area contributed by atoms with Gasteiger partial charge in [0.1, 0.15) is 11.8 Å². The molecular formula is C20H30N4O. The molecule has 1 spiro atoms. The van der Waals surface area contributed by atoms with Gasteiger partial charge in [-0.1, -0.05) is 13.3 Å². The zero-order valence-electron chi connectivity index (χ0n) is 15.6. The van der Waals surface area contributed by atoms with Crippen molar-refractivity contribution in [2.45, 2.75) is 52.0 Å². The number of carbonyl (C=O) groups is 1. The Labute approximate surface area is 151 Å². The lowest BCUT2D eigenvalue weighted by molar-refractivity contribution is -0.139. The first-order valence-electron chi connectivity index (χ1n) is 9.61. The molecule has 0 aromatic carbocycles. The monoisotopic (exact) mass is 342 g/mol. The molecule has 1 unspecified atom stereocenters. The molecule has 0 N–H and O–H groups in total. The molecule has 0 radical (unpaired) electrons. The molecule has 0 saturated carbocycles. The van der Waals surface area contributed by atoms with Crippen LogP contribution in [-0.4, -0.2) is 46.5 Å². The van der Waals surface area contributed by atoms with Gasteiger partial charge in [0.2, 0.25) is 5.91 Å². The van der Waals surface area contributed by atoms with Crippen molar-refractivity contribution in [2.24, 2.45) is 12.5 Å². The minimum Gasteiger partial charge on any atom is -0.342 e. The van der Waals surface area contributed by atoms with E-state index in [9.17, 15) is 4.79 Å². The van der Waals surface area contributed by atoms with Crippen molar-refractivity contribution in [2.75, 3.05) is 26.2 Å². The maximum atomic E-state index is 12.3. The first-order chi connectivity index (χ1) is 12.0. The fourth-order valence-electron chi connectivity index (χ4n) is 4.52. The van der Waals surface area contributed by atoms with Gasteiger partial charge in [0.05, 0.1) is 0 Å². The summed E-state index contributed by atoms with van der Waals surface area (Å²) in [4.78, 5) is 16.9. The van der Waals surface area contributed by atoms with Crippen LogP contribution >= 0.6 is 0 Å². The van der Waals surface area contributed by atoms with Crippen LogP contribution in [0.4, 0.5) is 0 Å². The molecule has 3 rings (SSSR count). The number of unbranched alkanes of at least 4 members (excludes halogenated alkanes) is 1. The van der Waals surface area contributed by atoms with Gasteiger partial charge in [0, 0.05) is 51.3 Å². The number of hydrogen-bond donors (Lipinski definition) is 0. The summed E-state index contributed by atoms with van der Waals surface area (Å²) in [6, 6.07) is 4.24. The van der Waals surface area contributed by atoms with Gasteiger partial charge in [-0.05, 0) is 43.9 Å². The number of nitrogens with zero attached hydrogens (tertiary/aromatic N) is 4. The summed E-state index contributed by atoms with van der Waals surface area (Å²) in [7, 11) is 1.93. The van der Waals surface area contributed by atoms with Crippen LogP contribution in [0.15, 0.2) is 12.3 Å². The number of amides is 1. The van der Waals surface area contributed by atoms with Gasteiger partial charge in [0.25, 0.3) is 0 Å². The summed E-state index contributed by atoms with van der Waals surface area (Å²) in [5.74, 6) is 0.345. The lowest BCUT2D eigenvalue weighted by Gasteiger charge is -2.48. The number of aryl methyl sites for hydroxylation is 1. The summed E-state index contributed by atoms with van der Waals surface area (Å²) in [5, 5.41) is 9.14. The van der Waals surface area contributed by atoms with E-state index in [4.69, 9.17) is 5.26 Å². The van der Waals surface area contributed by atoms with Crippen molar-refractivity contribution in [3.05, 3.63) is 23.5 Å². The number of likely N-dealkylation sites (tertiary alicyclic amines) is 2. The highest BCUT2D eigenvalue weighted by Gasteiger charge is 2.41. The van der Waals surface area contributed by atoms with E-state index in [1.807, 2.05) is 17.7 Å². The van der Waals surface area contributed by atoms with E-state index in [2.05, 4.69) is 29.0 Å². The molecule has 25 heavy (non-hydrogen) atoms.